The third-order valence-corrected chi connectivity index (χ3v) is 5.24. The number of benzene rings is 2. The maximum atomic E-state index is 13.5. The predicted molar refractivity (Wildman–Crippen MR) is 111 cm³/mol. The van der Waals surface area contributed by atoms with Crippen molar-refractivity contribution in [2.75, 3.05) is 39.3 Å². The number of nitrogens with zero attached hydrogens (tertiary/aromatic N) is 4. The van der Waals surface area contributed by atoms with Crippen LogP contribution in [0.2, 0.25) is 0 Å². The Hall–Kier alpha value is -3.26. The van der Waals surface area contributed by atoms with Crippen LogP contribution in [0.25, 0.3) is 10.9 Å². The van der Waals surface area contributed by atoms with Gasteiger partial charge in [0.05, 0.1) is 17.2 Å². The molecule has 1 saturated heterocycles. The number of aromatic nitrogens is 2. The Bertz CT molecular complexity index is 1080. The van der Waals surface area contributed by atoms with Gasteiger partial charge in [-0.2, -0.15) is 0 Å². The van der Waals surface area contributed by atoms with E-state index < -0.39 is 11.4 Å². The Balaban J connectivity index is 1.29. The third kappa shape index (κ3) is 4.65. The van der Waals surface area contributed by atoms with Gasteiger partial charge in [-0.15, -0.1) is 0 Å². The Kier molecular flexibility index (Phi) is 6.04. The quantitative estimate of drug-likeness (QED) is 0.620. The first kappa shape index (κ1) is 20.0. The van der Waals surface area contributed by atoms with Crippen molar-refractivity contribution in [2.45, 2.75) is 6.54 Å². The first-order valence-corrected chi connectivity index (χ1v) is 9.93. The van der Waals surface area contributed by atoms with Gasteiger partial charge in [0.2, 0.25) is 5.91 Å². The smallest absolute Gasteiger partial charge is 0.261 e. The Morgan fingerprint density at radius 2 is 1.83 bits per heavy atom. The Morgan fingerprint density at radius 3 is 2.60 bits per heavy atom. The molecule has 7 nitrogen and oxygen atoms in total. The zero-order valence-electron chi connectivity index (χ0n) is 16.5. The highest BCUT2D eigenvalue weighted by atomic mass is 19.1. The number of hydrogen-bond acceptors (Lipinski definition) is 5. The number of piperazine rings is 1. The predicted octanol–water partition coefficient (Wildman–Crippen LogP) is 1.76. The van der Waals surface area contributed by atoms with Crippen molar-refractivity contribution in [3.05, 3.63) is 71.0 Å². The van der Waals surface area contributed by atoms with Crippen LogP contribution in [-0.4, -0.2) is 64.6 Å². The van der Waals surface area contributed by atoms with Gasteiger partial charge in [-0.05, 0) is 30.3 Å². The minimum atomic E-state index is -0.502. The lowest BCUT2D eigenvalue weighted by atomic mass is 10.2. The summed E-state index contributed by atoms with van der Waals surface area (Å²) >= 11 is 0. The van der Waals surface area contributed by atoms with Gasteiger partial charge >= 0.3 is 0 Å². The topological polar surface area (TPSA) is 67.7 Å². The summed E-state index contributed by atoms with van der Waals surface area (Å²) in [6.07, 6.45) is 1.34. The lowest BCUT2D eigenvalue weighted by molar-refractivity contribution is -0.133. The number of rotatable bonds is 6. The molecule has 4 rings (SSSR count). The molecule has 0 spiro atoms. The lowest BCUT2D eigenvalue weighted by Crippen LogP contribution is -2.50. The number of carbonyl (C=O) groups is 1. The highest BCUT2D eigenvalue weighted by Gasteiger charge is 2.21. The van der Waals surface area contributed by atoms with Crippen LogP contribution < -0.4 is 10.3 Å². The summed E-state index contributed by atoms with van der Waals surface area (Å²) in [5.41, 5.74) is 0.000909. The number of carbonyl (C=O) groups excluding carboxylic acids is 1. The van der Waals surface area contributed by atoms with E-state index in [4.69, 9.17) is 4.74 Å². The number of para-hydroxylation sites is 1. The van der Waals surface area contributed by atoms with Gasteiger partial charge in [-0.1, -0.05) is 18.2 Å². The van der Waals surface area contributed by atoms with Crippen molar-refractivity contribution in [1.82, 2.24) is 19.4 Å². The molecule has 0 radical (unpaired) electrons. The average Bonchev–Trinajstić information content (AvgIpc) is 2.77. The van der Waals surface area contributed by atoms with Crippen LogP contribution in [0, 0.1) is 5.82 Å². The molecule has 0 aliphatic carbocycles. The van der Waals surface area contributed by atoms with Crippen molar-refractivity contribution in [1.29, 1.82) is 0 Å². The molecule has 0 N–H and O–H groups in total. The fourth-order valence-electron chi connectivity index (χ4n) is 3.52. The van der Waals surface area contributed by atoms with Crippen LogP contribution >= 0.6 is 0 Å². The largest absolute Gasteiger partial charge is 0.492 e. The summed E-state index contributed by atoms with van der Waals surface area (Å²) in [5, 5.41) is 0.175. The second-order valence-corrected chi connectivity index (χ2v) is 7.22. The third-order valence-electron chi connectivity index (χ3n) is 5.24. The van der Waals surface area contributed by atoms with Crippen molar-refractivity contribution in [2.24, 2.45) is 0 Å². The molecule has 1 aliphatic rings. The van der Waals surface area contributed by atoms with E-state index in [0.29, 0.717) is 25.2 Å². The highest BCUT2D eigenvalue weighted by Crippen LogP contribution is 2.10. The van der Waals surface area contributed by atoms with E-state index in [2.05, 4.69) is 9.88 Å². The van der Waals surface area contributed by atoms with Crippen LogP contribution in [0.4, 0.5) is 4.39 Å². The van der Waals surface area contributed by atoms with E-state index in [1.165, 1.54) is 23.0 Å². The summed E-state index contributed by atoms with van der Waals surface area (Å²) in [5.74, 6) is 0.202. The van der Waals surface area contributed by atoms with Gasteiger partial charge in [-0.3, -0.25) is 19.1 Å². The van der Waals surface area contributed by atoms with Crippen molar-refractivity contribution >= 4 is 16.8 Å². The molecule has 1 aliphatic heterocycles. The first-order chi connectivity index (χ1) is 14.6. The summed E-state index contributed by atoms with van der Waals surface area (Å²) in [7, 11) is 0. The lowest BCUT2D eigenvalue weighted by Gasteiger charge is -2.34. The monoisotopic (exact) mass is 410 g/mol. The van der Waals surface area contributed by atoms with Crippen LogP contribution in [0.1, 0.15) is 0 Å². The zero-order chi connectivity index (χ0) is 20.9. The van der Waals surface area contributed by atoms with E-state index in [9.17, 15) is 14.0 Å². The molecule has 1 amide bonds. The maximum Gasteiger partial charge on any atom is 0.261 e. The second kappa shape index (κ2) is 9.04. The van der Waals surface area contributed by atoms with Gasteiger partial charge in [0.25, 0.3) is 5.56 Å². The molecule has 2 aromatic carbocycles. The average molecular weight is 410 g/mol. The molecule has 8 heteroatoms. The standard InChI is InChI=1S/C22H23FN4O3/c23-17-6-7-20-19(14-17)22(29)27(16-24-20)15-21(28)26-10-8-25(9-11-26)12-13-30-18-4-2-1-3-5-18/h1-7,14,16H,8-13,15H2. The summed E-state index contributed by atoms with van der Waals surface area (Å²) in [4.78, 5) is 33.4. The molecule has 0 atom stereocenters. The van der Waals surface area contributed by atoms with Crippen LogP contribution in [0.15, 0.2) is 59.7 Å². The Morgan fingerprint density at radius 1 is 1.07 bits per heavy atom. The minimum absolute atomic E-state index is 0.102. The van der Waals surface area contributed by atoms with Gasteiger partial charge < -0.3 is 9.64 Å². The maximum absolute atomic E-state index is 13.5. The van der Waals surface area contributed by atoms with E-state index in [1.54, 1.807) is 4.90 Å². The molecule has 0 saturated carbocycles. The molecule has 156 valence electrons. The van der Waals surface area contributed by atoms with Crippen LogP contribution in [-0.2, 0) is 11.3 Å². The van der Waals surface area contributed by atoms with Gasteiger partial charge in [0.1, 0.15) is 24.7 Å². The van der Waals surface area contributed by atoms with Gasteiger partial charge in [-0.25, -0.2) is 9.37 Å². The minimum Gasteiger partial charge on any atom is -0.492 e. The second-order valence-electron chi connectivity index (χ2n) is 7.22. The number of halogens is 1. The zero-order valence-corrected chi connectivity index (χ0v) is 16.5. The fraction of sp³-hybridized carbons (Fsp3) is 0.318. The summed E-state index contributed by atoms with van der Waals surface area (Å²) in [6, 6.07) is 13.5. The number of amides is 1. The van der Waals surface area contributed by atoms with E-state index in [1.807, 2.05) is 30.3 Å². The molecule has 1 fully saturated rings. The molecule has 0 unspecified atom stereocenters. The van der Waals surface area contributed by atoms with Crippen LogP contribution in [0.3, 0.4) is 0 Å². The number of fused-ring (bicyclic) bond motifs is 1. The molecule has 0 bridgehead atoms. The summed E-state index contributed by atoms with van der Waals surface area (Å²) < 4.78 is 20.4. The molecule has 2 heterocycles. The molecule has 30 heavy (non-hydrogen) atoms. The van der Waals surface area contributed by atoms with E-state index in [0.717, 1.165) is 31.5 Å². The van der Waals surface area contributed by atoms with Crippen molar-refractivity contribution < 1.29 is 13.9 Å². The number of hydrogen-bond donors (Lipinski definition) is 0. The molecular formula is C22H23FN4O3. The Labute approximate surface area is 173 Å². The number of ether oxygens (including phenoxy) is 1. The fourth-order valence-corrected chi connectivity index (χ4v) is 3.52. The van der Waals surface area contributed by atoms with Crippen LogP contribution in [0.5, 0.6) is 5.75 Å². The summed E-state index contributed by atoms with van der Waals surface area (Å²) in [6.45, 7) is 3.96. The van der Waals surface area contributed by atoms with E-state index >= 15 is 0 Å². The van der Waals surface area contributed by atoms with Crippen molar-refractivity contribution in [3.63, 3.8) is 0 Å². The highest BCUT2D eigenvalue weighted by molar-refractivity contribution is 5.79. The van der Waals surface area contributed by atoms with Crippen molar-refractivity contribution in [3.8, 4) is 5.75 Å². The molecule has 1 aromatic heterocycles. The normalized spacial score (nSPS) is 14.8. The van der Waals surface area contributed by atoms with Gasteiger partial charge in [0, 0.05) is 32.7 Å². The molecule has 3 aromatic rings. The SMILES string of the molecule is O=C(Cn1cnc2ccc(F)cc2c1=O)N1CCN(CCOc2ccccc2)CC1. The first-order valence-electron chi connectivity index (χ1n) is 9.93. The van der Waals surface area contributed by atoms with E-state index in [-0.39, 0.29) is 17.8 Å². The molecular weight excluding hydrogens is 387 g/mol. The van der Waals surface area contributed by atoms with Gasteiger partial charge in [0.15, 0.2) is 0 Å².